The quantitative estimate of drug-likeness (QED) is 0.826. The van der Waals surface area contributed by atoms with Crippen molar-refractivity contribution in [1.29, 1.82) is 0 Å². The summed E-state index contributed by atoms with van der Waals surface area (Å²) >= 11 is 3.78. The molecule has 118 valence electrons. The standard InChI is InChI=1S/C18H29BrN2/c1-13-7-6-10-21(14(13)2)17-9-8-15(11-16(17)19)12-20-18(3,4)5/h8-9,11,13-14,20H,6-7,10,12H2,1-5H3. The van der Waals surface area contributed by atoms with Crippen LogP contribution in [0.15, 0.2) is 22.7 Å². The van der Waals surface area contributed by atoms with Crippen molar-refractivity contribution in [2.45, 2.75) is 65.6 Å². The van der Waals surface area contributed by atoms with Gasteiger partial charge in [0.25, 0.3) is 0 Å². The zero-order valence-corrected chi connectivity index (χ0v) is 15.6. The highest BCUT2D eigenvalue weighted by Crippen LogP contribution is 2.34. The van der Waals surface area contributed by atoms with Crippen LogP contribution >= 0.6 is 15.9 Å². The Balaban J connectivity index is 2.12. The maximum atomic E-state index is 3.78. The minimum atomic E-state index is 0.155. The van der Waals surface area contributed by atoms with Gasteiger partial charge in [-0.1, -0.05) is 13.0 Å². The molecule has 3 heteroatoms. The Hall–Kier alpha value is -0.540. The van der Waals surface area contributed by atoms with Gasteiger partial charge in [0.15, 0.2) is 0 Å². The third-order valence-electron chi connectivity index (χ3n) is 4.52. The first-order valence-electron chi connectivity index (χ1n) is 8.08. The predicted octanol–water partition coefficient (Wildman–Crippen LogP) is 4.96. The highest BCUT2D eigenvalue weighted by atomic mass is 79.9. The maximum absolute atomic E-state index is 3.78. The Kier molecular flexibility index (Phi) is 5.37. The molecular formula is C18H29BrN2. The van der Waals surface area contributed by atoms with Gasteiger partial charge in [-0.05, 0) is 80.1 Å². The van der Waals surface area contributed by atoms with Crippen molar-refractivity contribution in [1.82, 2.24) is 5.32 Å². The molecule has 1 aromatic rings. The van der Waals surface area contributed by atoms with Crippen LogP contribution in [0.4, 0.5) is 5.69 Å². The topological polar surface area (TPSA) is 15.3 Å². The molecule has 1 aliphatic rings. The van der Waals surface area contributed by atoms with Gasteiger partial charge in [0.1, 0.15) is 0 Å². The molecule has 1 saturated heterocycles. The van der Waals surface area contributed by atoms with Crippen LogP contribution in [-0.4, -0.2) is 18.1 Å². The van der Waals surface area contributed by atoms with E-state index in [0.29, 0.717) is 6.04 Å². The van der Waals surface area contributed by atoms with E-state index in [9.17, 15) is 0 Å². The monoisotopic (exact) mass is 352 g/mol. The second-order valence-corrected chi connectivity index (χ2v) is 8.30. The summed E-state index contributed by atoms with van der Waals surface area (Å²) in [6.45, 7) is 13.4. The molecule has 0 aromatic heterocycles. The molecule has 2 rings (SSSR count). The molecule has 1 heterocycles. The fraction of sp³-hybridized carbons (Fsp3) is 0.667. The van der Waals surface area contributed by atoms with Crippen molar-refractivity contribution < 1.29 is 0 Å². The summed E-state index contributed by atoms with van der Waals surface area (Å²) in [5.41, 5.74) is 2.83. The first kappa shape index (κ1) is 16.8. The van der Waals surface area contributed by atoms with Crippen molar-refractivity contribution >= 4 is 21.6 Å². The molecule has 2 unspecified atom stereocenters. The Morgan fingerprint density at radius 1 is 1.29 bits per heavy atom. The summed E-state index contributed by atoms with van der Waals surface area (Å²) in [6, 6.07) is 7.41. The van der Waals surface area contributed by atoms with Crippen LogP contribution in [0.3, 0.4) is 0 Å². The highest BCUT2D eigenvalue weighted by Gasteiger charge is 2.26. The molecule has 1 fully saturated rings. The lowest BCUT2D eigenvalue weighted by Gasteiger charge is -2.40. The molecule has 2 atom stereocenters. The number of piperidine rings is 1. The van der Waals surface area contributed by atoms with Crippen LogP contribution in [0.5, 0.6) is 0 Å². The number of anilines is 1. The lowest BCUT2D eigenvalue weighted by molar-refractivity contribution is 0.363. The predicted molar refractivity (Wildman–Crippen MR) is 95.9 cm³/mol. The summed E-state index contributed by atoms with van der Waals surface area (Å²) in [5.74, 6) is 0.771. The van der Waals surface area contributed by atoms with Gasteiger partial charge in [0.05, 0.1) is 5.69 Å². The van der Waals surface area contributed by atoms with Gasteiger partial charge < -0.3 is 10.2 Å². The van der Waals surface area contributed by atoms with Crippen LogP contribution in [0.1, 0.15) is 53.0 Å². The molecule has 0 aliphatic carbocycles. The molecule has 0 amide bonds. The van der Waals surface area contributed by atoms with Gasteiger partial charge in [-0.2, -0.15) is 0 Å². The van der Waals surface area contributed by atoms with Crippen molar-refractivity contribution in [3.8, 4) is 0 Å². The zero-order valence-electron chi connectivity index (χ0n) is 14.0. The Bertz CT molecular complexity index is 479. The molecule has 1 N–H and O–H groups in total. The number of halogens is 1. The van der Waals surface area contributed by atoms with E-state index in [1.807, 2.05) is 0 Å². The van der Waals surface area contributed by atoms with Gasteiger partial charge >= 0.3 is 0 Å². The molecule has 0 radical (unpaired) electrons. The minimum absolute atomic E-state index is 0.155. The van der Waals surface area contributed by atoms with E-state index in [0.717, 1.165) is 12.5 Å². The second-order valence-electron chi connectivity index (χ2n) is 7.44. The molecule has 0 spiro atoms. The molecule has 0 bridgehead atoms. The number of nitrogens with zero attached hydrogens (tertiary/aromatic N) is 1. The van der Waals surface area contributed by atoms with E-state index >= 15 is 0 Å². The van der Waals surface area contributed by atoms with Gasteiger partial charge in [-0.25, -0.2) is 0 Å². The van der Waals surface area contributed by atoms with Crippen LogP contribution in [0.25, 0.3) is 0 Å². The zero-order chi connectivity index (χ0) is 15.6. The SMILES string of the molecule is CC1CCCN(c2ccc(CNC(C)(C)C)cc2Br)C1C. The Labute approximate surface area is 138 Å². The van der Waals surface area contributed by atoms with E-state index in [-0.39, 0.29) is 5.54 Å². The van der Waals surface area contributed by atoms with E-state index < -0.39 is 0 Å². The summed E-state index contributed by atoms with van der Waals surface area (Å²) < 4.78 is 1.22. The number of benzene rings is 1. The van der Waals surface area contributed by atoms with Gasteiger partial charge in [-0.15, -0.1) is 0 Å². The van der Waals surface area contributed by atoms with Crippen LogP contribution in [0.2, 0.25) is 0 Å². The van der Waals surface area contributed by atoms with Crippen molar-refractivity contribution in [2.24, 2.45) is 5.92 Å². The average molecular weight is 353 g/mol. The van der Waals surface area contributed by atoms with Crippen molar-refractivity contribution in [3.05, 3.63) is 28.2 Å². The molecular weight excluding hydrogens is 324 g/mol. The Morgan fingerprint density at radius 2 is 2.00 bits per heavy atom. The second kappa shape index (κ2) is 6.70. The number of hydrogen-bond acceptors (Lipinski definition) is 2. The van der Waals surface area contributed by atoms with Crippen LogP contribution in [0, 0.1) is 5.92 Å². The Morgan fingerprint density at radius 3 is 2.62 bits per heavy atom. The van der Waals surface area contributed by atoms with Crippen molar-refractivity contribution in [2.75, 3.05) is 11.4 Å². The molecule has 0 saturated carbocycles. The third kappa shape index (κ3) is 4.46. The van der Waals surface area contributed by atoms with E-state index in [4.69, 9.17) is 0 Å². The van der Waals surface area contributed by atoms with Gasteiger partial charge in [-0.3, -0.25) is 0 Å². The summed E-state index contributed by atoms with van der Waals surface area (Å²) in [7, 11) is 0. The number of hydrogen-bond donors (Lipinski definition) is 1. The smallest absolute Gasteiger partial charge is 0.0513 e. The summed E-state index contributed by atoms with van der Waals surface area (Å²) in [6.07, 6.45) is 2.65. The summed E-state index contributed by atoms with van der Waals surface area (Å²) in [4.78, 5) is 2.55. The van der Waals surface area contributed by atoms with E-state index in [1.54, 1.807) is 0 Å². The van der Waals surface area contributed by atoms with E-state index in [1.165, 1.54) is 35.1 Å². The normalized spacial score (nSPS) is 23.4. The first-order valence-corrected chi connectivity index (χ1v) is 8.87. The fourth-order valence-corrected chi connectivity index (χ4v) is 3.59. The number of nitrogens with one attached hydrogen (secondary N) is 1. The van der Waals surface area contributed by atoms with Gasteiger partial charge in [0.2, 0.25) is 0 Å². The fourth-order valence-electron chi connectivity index (χ4n) is 2.94. The largest absolute Gasteiger partial charge is 0.368 e. The van der Waals surface area contributed by atoms with Gasteiger partial charge in [0, 0.05) is 29.1 Å². The lowest BCUT2D eigenvalue weighted by Crippen LogP contribution is -2.42. The first-order chi connectivity index (χ1) is 9.78. The molecule has 2 nitrogen and oxygen atoms in total. The van der Waals surface area contributed by atoms with Crippen LogP contribution in [-0.2, 0) is 6.54 Å². The molecule has 21 heavy (non-hydrogen) atoms. The van der Waals surface area contributed by atoms with E-state index in [2.05, 4.69) is 79.0 Å². The molecule has 1 aromatic carbocycles. The lowest BCUT2D eigenvalue weighted by atomic mass is 9.91. The maximum Gasteiger partial charge on any atom is 0.0513 e. The minimum Gasteiger partial charge on any atom is -0.368 e. The average Bonchev–Trinajstić information content (AvgIpc) is 2.39. The molecule has 1 aliphatic heterocycles. The van der Waals surface area contributed by atoms with Crippen molar-refractivity contribution in [3.63, 3.8) is 0 Å². The third-order valence-corrected chi connectivity index (χ3v) is 5.15. The number of rotatable bonds is 3. The summed E-state index contributed by atoms with van der Waals surface area (Å²) in [5, 5.41) is 3.55. The highest BCUT2D eigenvalue weighted by molar-refractivity contribution is 9.10. The van der Waals surface area contributed by atoms with Crippen LogP contribution < -0.4 is 10.2 Å².